The Labute approximate surface area is 184 Å². The van der Waals surface area contributed by atoms with E-state index in [0.29, 0.717) is 13.6 Å². The van der Waals surface area contributed by atoms with Crippen molar-refractivity contribution in [1.29, 1.82) is 0 Å². The van der Waals surface area contributed by atoms with Gasteiger partial charge in [0.1, 0.15) is 16.5 Å². The molecular weight excluding hydrogens is 380 g/mol. The molecule has 2 rings (SSSR count). The smallest absolute Gasteiger partial charge is 0.267 e. The van der Waals surface area contributed by atoms with Crippen LogP contribution in [0.1, 0.15) is 49.9 Å². The van der Waals surface area contributed by atoms with Gasteiger partial charge in [-0.15, -0.1) is 10.9 Å². The summed E-state index contributed by atoms with van der Waals surface area (Å²) in [6.45, 7) is 34.9. The summed E-state index contributed by atoms with van der Waals surface area (Å²) < 4.78 is 3.00. The second kappa shape index (κ2) is 8.05. The third kappa shape index (κ3) is 4.33. The van der Waals surface area contributed by atoms with Gasteiger partial charge in [-0.3, -0.25) is 0 Å². The highest BCUT2D eigenvalue weighted by molar-refractivity contribution is 7.04. The van der Waals surface area contributed by atoms with E-state index in [0.717, 1.165) is 0 Å². The summed E-state index contributed by atoms with van der Waals surface area (Å²) in [5.74, 6) is 0. The normalized spacial score (nSPS) is 16.5. The Kier molecular flexibility index (Phi) is 6.80. The van der Waals surface area contributed by atoms with Crippen molar-refractivity contribution in [3.8, 4) is 0 Å². The molecule has 0 fully saturated rings. The third-order valence-corrected chi connectivity index (χ3v) is 14.8. The van der Waals surface area contributed by atoms with E-state index >= 15 is 0 Å². The minimum atomic E-state index is -1.47. The molecule has 1 aromatic carbocycles. The van der Waals surface area contributed by atoms with E-state index in [9.17, 15) is 0 Å². The molecule has 158 valence electrons. The molecular formula is C24H43B2NSi2. The van der Waals surface area contributed by atoms with E-state index in [1.54, 1.807) is 27.4 Å². The predicted molar refractivity (Wildman–Crippen MR) is 142 cm³/mol. The van der Waals surface area contributed by atoms with Crippen LogP contribution < -0.4 is 5.46 Å². The van der Waals surface area contributed by atoms with Gasteiger partial charge in [0.05, 0.1) is 0 Å². The molecule has 0 aliphatic carbocycles. The topological polar surface area (TPSA) is 3.24 Å². The van der Waals surface area contributed by atoms with Crippen molar-refractivity contribution < 1.29 is 0 Å². The quantitative estimate of drug-likeness (QED) is 0.505. The van der Waals surface area contributed by atoms with Gasteiger partial charge in [-0.05, 0) is 38.8 Å². The number of benzene rings is 1. The summed E-state index contributed by atoms with van der Waals surface area (Å²) in [7, 11) is -2.93. The lowest BCUT2D eigenvalue weighted by atomic mass is 9.25. The summed E-state index contributed by atoms with van der Waals surface area (Å²) in [6.07, 6.45) is 0. The summed E-state index contributed by atoms with van der Waals surface area (Å²) in [5.41, 5.74) is 13.7. The van der Waals surface area contributed by atoms with Crippen molar-refractivity contribution in [2.24, 2.45) is 0 Å². The summed E-state index contributed by atoms with van der Waals surface area (Å²) >= 11 is 0. The van der Waals surface area contributed by atoms with Crippen LogP contribution in [0.5, 0.6) is 0 Å². The first-order valence-electron chi connectivity index (χ1n) is 11.2. The molecule has 1 aromatic rings. The van der Waals surface area contributed by atoms with Crippen LogP contribution in [-0.4, -0.2) is 34.2 Å². The lowest BCUT2D eigenvalue weighted by Crippen LogP contribution is -2.67. The molecule has 0 bridgehead atoms. The molecule has 1 aliphatic rings. The zero-order valence-corrected chi connectivity index (χ0v) is 23.7. The van der Waals surface area contributed by atoms with Gasteiger partial charge in [-0.2, -0.15) is 0 Å². The second-order valence-corrected chi connectivity index (χ2v) is 21.5. The Morgan fingerprint density at radius 3 is 1.24 bits per heavy atom. The van der Waals surface area contributed by atoms with Crippen LogP contribution in [-0.2, 0) is 0 Å². The molecule has 1 aliphatic heterocycles. The van der Waals surface area contributed by atoms with E-state index in [1.807, 2.05) is 0 Å². The number of nitrogens with zero attached hydrogens (tertiary/aromatic N) is 1. The standard InChI is InChI=1S/C24H43B2NSi2/c1-16-15-17(2)19(4)24(18(16)3)25-20(5)22(7)26(23(8)21(25)6)27(28(9,10)11)29(12,13)14/h15H,1-14H3. The van der Waals surface area contributed by atoms with Gasteiger partial charge >= 0.3 is 0 Å². The van der Waals surface area contributed by atoms with E-state index < -0.39 is 16.5 Å². The van der Waals surface area contributed by atoms with E-state index in [4.69, 9.17) is 0 Å². The van der Waals surface area contributed by atoms with Gasteiger partial charge in [0.15, 0.2) is 0 Å². The van der Waals surface area contributed by atoms with Crippen molar-refractivity contribution in [1.82, 2.24) is 4.14 Å². The van der Waals surface area contributed by atoms with E-state index in [1.165, 1.54) is 22.3 Å². The van der Waals surface area contributed by atoms with Crippen LogP contribution in [0.4, 0.5) is 0 Å². The maximum Gasteiger partial charge on any atom is 0.267 e. The van der Waals surface area contributed by atoms with Crippen LogP contribution in [0.25, 0.3) is 0 Å². The SMILES string of the molecule is CC1=C(C)B(N([Si](C)(C)C)[Si](C)(C)C)C(C)=C(C)B1c1c(C)c(C)cc(C)c1C. The van der Waals surface area contributed by atoms with Gasteiger partial charge in [0.2, 0.25) is 6.71 Å². The molecule has 0 saturated heterocycles. The van der Waals surface area contributed by atoms with Gasteiger partial charge in [-0.25, -0.2) is 0 Å². The first kappa shape index (κ1) is 24.5. The maximum atomic E-state index is 3.00. The fourth-order valence-corrected chi connectivity index (χ4v) is 16.2. The third-order valence-electron chi connectivity index (χ3n) is 7.35. The first-order valence-corrected chi connectivity index (χ1v) is 18.1. The molecule has 1 heterocycles. The van der Waals surface area contributed by atoms with Gasteiger partial charge in [0, 0.05) is 0 Å². The largest absolute Gasteiger partial charge is 0.380 e. The molecule has 29 heavy (non-hydrogen) atoms. The zero-order chi connectivity index (χ0) is 22.6. The molecule has 0 aromatic heterocycles. The van der Waals surface area contributed by atoms with Gasteiger partial charge < -0.3 is 4.14 Å². The Morgan fingerprint density at radius 1 is 0.586 bits per heavy atom. The van der Waals surface area contributed by atoms with E-state index in [2.05, 4.69) is 105 Å². The highest BCUT2D eigenvalue weighted by Gasteiger charge is 2.46. The molecule has 0 N–H and O–H groups in total. The van der Waals surface area contributed by atoms with Gasteiger partial charge in [0.25, 0.3) is 6.85 Å². The predicted octanol–water partition coefficient (Wildman–Crippen LogP) is 6.43. The van der Waals surface area contributed by atoms with Crippen molar-refractivity contribution in [3.63, 3.8) is 0 Å². The van der Waals surface area contributed by atoms with Crippen LogP contribution >= 0.6 is 0 Å². The van der Waals surface area contributed by atoms with Crippen molar-refractivity contribution >= 4 is 35.5 Å². The molecule has 1 nitrogen and oxygen atoms in total. The van der Waals surface area contributed by atoms with Crippen molar-refractivity contribution in [2.75, 3.05) is 0 Å². The van der Waals surface area contributed by atoms with E-state index in [-0.39, 0.29) is 0 Å². The van der Waals surface area contributed by atoms with Crippen LogP contribution in [0, 0.1) is 27.7 Å². The first-order chi connectivity index (χ1) is 13.0. The average Bonchev–Trinajstić information content (AvgIpc) is 2.55. The minimum absolute atomic E-state index is 0.426. The second-order valence-electron chi connectivity index (χ2n) is 11.5. The lowest BCUT2D eigenvalue weighted by molar-refractivity contribution is 0.925. The molecule has 0 spiro atoms. The monoisotopic (exact) mass is 423 g/mol. The maximum absolute atomic E-state index is 3.00. The van der Waals surface area contributed by atoms with Crippen molar-refractivity contribution in [3.05, 3.63) is 50.2 Å². The lowest BCUT2D eigenvalue weighted by Gasteiger charge is -2.51. The molecule has 0 unspecified atom stereocenters. The minimum Gasteiger partial charge on any atom is -0.380 e. The average molecular weight is 423 g/mol. The molecule has 0 amide bonds. The fourth-order valence-electron chi connectivity index (χ4n) is 5.82. The van der Waals surface area contributed by atoms with Crippen LogP contribution in [0.15, 0.2) is 28.0 Å². The number of allylic oxidation sites excluding steroid dienone is 4. The fraction of sp³-hybridized carbons (Fsp3) is 0.583. The van der Waals surface area contributed by atoms with Crippen LogP contribution in [0.2, 0.25) is 39.3 Å². The highest BCUT2D eigenvalue weighted by atomic mass is 28.4. The zero-order valence-electron chi connectivity index (χ0n) is 21.7. The van der Waals surface area contributed by atoms with Gasteiger partial charge in [-0.1, -0.05) is 101 Å². The number of aryl methyl sites for hydroxylation is 2. The molecule has 0 atom stereocenters. The van der Waals surface area contributed by atoms with Crippen LogP contribution in [0.3, 0.4) is 0 Å². The molecule has 0 saturated carbocycles. The number of hydrogen-bond donors (Lipinski definition) is 0. The van der Waals surface area contributed by atoms with Crippen molar-refractivity contribution in [2.45, 2.75) is 94.7 Å². The summed E-state index contributed by atoms with van der Waals surface area (Å²) in [5, 5.41) is 0. The highest BCUT2D eigenvalue weighted by Crippen LogP contribution is 2.35. The Morgan fingerprint density at radius 2 is 0.931 bits per heavy atom. The Bertz CT molecular complexity index is 819. The molecule has 0 radical (unpaired) electrons. The Balaban J connectivity index is 2.79. The summed E-state index contributed by atoms with van der Waals surface area (Å²) in [4.78, 5) is 0. The number of hydrogen-bond acceptors (Lipinski definition) is 1. The number of rotatable bonds is 4. The summed E-state index contributed by atoms with van der Waals surface area (Å²) in [6, 6.07) is 2.36. The Hall–Kier alpha value is -0.776. The molecule has 5 heteroatoms.